The molecule has 1 aromatic rings. The Hall–Kier alpha value is -1.91. The molecular weight excluding hydrogens is 297 g/mol. The highest BCUT2D eigenvalue weighted by Gasteiger charge is 2.36. The lowest BCUT2D eigenvalue weighted by molar-refractivity contribution is -0.138. The van der Waals surface area contributed by atoms with E-state index in [1.54, 1.807) is 17.0 Å². The third-order valence-corrected chi connectivity index (χ3v) is 4.65. The number of benzene rings is 1. The van der Waals surface area contributed by atoms with Crippen molar-refractivity contribution in [2.24, 2.45) is 5.92 Å². The first-order valence-corrected chi connectivity index (χ1v) is 8.08. The fraction of sp³-hybridized carbons (Fsp3) is 0.556. The summed E-state index contributed by atoms with van der Waals surface area (Å²) in [5.74, 6) is -0.940. The van der Waals surface area contributed by atoms with Crippen LogP contribution in [0.25, 0.3) is 0 Å². The Balaban J connectivity index is 2.07. The van der Waals surface area contributed by atoms with E-state index < -0.39 is 11.4 Å². The molecule has 1 fully saturated rings. The first kappa shape index (κ1) is 17.4. The zero-order valence-electron chi connectivity index (χ0n) is 13.7. The van der Waals surface area contributed by atoms with Crippen molar-refractivity contribution in [1.29, 1.82) is 0 Å². The van der Waals surface area contributed by atoms with Gasteiger partial charge in [0.15, 0.2) is 0 Å². The third kappa shape index (κ3) is 4.30. The molecule has 126 valence electrons. The predicted octanol–water partition coefficient (Wildman–Crippen LogP) is 3.21. The minimum atomic E-state index is -0.798. The number of carboxylic acid groups (broad SMARTS) is 1. The standard InChI is InChI=1S/C18H24FNO3/c1-18(2,14-6-3-7-15(19)11-14)17(23)20-10-4-5-13(12-20)8-9-16(21)22/h3,6-7,11,13H,4-5,8-10,12H2,1-2H3,(H,21,22)/t13-/m0/s1. The first-order valence-electron chi connectivity index (χ1n) is 8.08. The molecule has 1 aromatic carbocycles. The predicted molar refractivity (Wildman–Crippen MR) is 85.6 cm³/mol. The minimum Gasteiger partial charge on any atom is -0.481 e. The summed E-state index contributed by atoms with van der Waals surface area (Å²) in [5, 5.41) is 8.81. The van der Waals surface area contributed by atoms with Gasteiger partial charge in [-0.25, -0.2) is 4.39 Å². The fourth-order valence-corrected chi connectivity index (χ4v) is 3.21. The van der Waals surface area contributed by atoms with Gasteiger partial charge >= 0.3 is 5.97 Å². The number of nitrogens with zero attached hydrogens (tertiary/aromatic N) is 1. The highest BCUT2D eigenvalue weighted by Crippen LogP contribution is 2.29. The van der Waals surface area contributed by atoms with Crippen LogP contribution in [0.5, 0.6) is 0 Å². The summed E-state index contributed by atoms with van der Waals surface area (Å²) >= 11 is 0. The van der Waals surface area contributed by atoms with E-state index in [9.17, 15) is 14.0 Å². The summed E-state index contributed by atoms with van der Waals surface area (Å²) in [5.41, 5.74) is -0.133. The molecule has 4 nitrogen and oxygen atoms in total. The number of piperidine rings is 1. The molecule has 1 aliphatic heterocycles. The van der Waals surface area contributed by atoms with Crippen molar-refractivity contribution in [2.75, 3.05) is 13.1 Å². The number of amides is 1. The van der Waals surface area contributed by atoms with Crippen LogP contribution in [0.4, 0.5) is 4.39 Å². The number of rotatable bonds is 5. The summed E-state index contributed by atoms with van der Waals surface area (Å²) in [7, 11) is 0. The van der Waals surface area contributed by atoms with Crippen molar-refractivity contribution in [1.82, 2.24) is 4.90 Å². The maximum absolute atomic E-state index is 13.5. The minimum absolute atomic E-state index is 0.0249. The summed E-state index contributed by atoms with van der Waals surface area (Å²) in [6.07, 6.45) is 2.58. The maximum Gasteiger partial charge on any atom is 0.303 e. The van der Waals surface area contributed by atoms with Crippen LogP contribution in [0.2, 0.25) is 0 Å². The Labute approximate surface area is 136 Å². The molecule has 1 aliphatic rings. The number of hydrogen-bond acceptors (Lipinski definition) is 2. The normalized spacial score (nSPS) is 18.7. The molecule has 5 heteroatoms. The highest BCUT2D eigenvalue weighted by atomic mass is 19.1. The van der Waals surface area contributed by atoms with Crippen LogP contribution in [0, 0.1) is 11.7 Å². The maximum atomic E-state index is 13.5. The van der Waals surface area contributed by atoms with E-state index in [4.69, 9.17) is 5.11 Å². The van der Waals surface area contributed by atoms with Gasteiger partial charge in [-0.1, -0.05) is 12.1 Å². The van der Waals surface area contributed by atoms with Crippen molar-refractivity contribution in [3.63, 3.8) is 0 Å². The monoisotopic (exact) mass is 321 g/mol. The molecular formula is C18H24FNO3. The topological polar surface area (TPSA) is 57.6 Å². The molecule has 1 amide bonds. The van der Waals surface area contributed by atoms with E-state index in [1.807, 2.05) is 13.8 Å². The van der Waals surface area contributed by atoms with Crippen LogP contribution in [0.1, 0.15) is 45.1 Å². The van der Waals surface area contributed by atoms with Gasteiger partial charge in [-0.2, -0.15) is 0 Å². The molecule has 0 spiro atoms. The van der Waals surface area contributed by atoms with Gasteiger partial charge in [0.25, 0.3) is 0 Å². The summed E-state index contributed by atoms with van der Waals surface area (Å²) < 4.78 is 13.5. The molecule has 1 saturated heterocycles. The Morgan fingerprint density at radius 2 is 2.13 bits per heavy atom. The van der Waals surface area contributed by atoms with Gasteiger partial charge in [-0.3, -0.25) is 9.59 Å². The Bertz CT molecular complexity index is 585. The molecule has 0 saturated carbocycles. The van der Waals surface area contributed by atoms with Crippen LogP contribution in [0.3, 0.4) is 0 Å². The largest absolute Gasteiger partial charge is 0.481 e. The van der Waals surface area contributed by atoms with E-state index in [0.29, 0.717) is 25.1 Å². The number of likely N-dealkylation sites (tertiary alicyclic amines) is 1. The van der Waals surface area contributed by atoms with E-state index in [0.717, 1.165) is 12.8 Å². The first-order chi connectivity index (χ1) is 10.8. The van der Waals surface area contributed by atoms with Gasteiger partial charge in [-0.15, -0.1) is 0 Å². The van der Waals surface area contributed by atoms with Crippen LogP contribution >= 0.6 is 0 Å². The lowest BCUT2D eigenvalue weighted by atomic mass is 9.82. The van der Waals surface area contributed by atoms with Gasteiger partial charge < -0.3 is 10.0 Å². The van der Waals surface area contributed by atoms with Gasteiger partial charge in [0, 0.05) is 19.5 Å². The second kappa shape index (κ2) is 7.11. The van der Waals surface area contributed by atoms with Crippen LogP contribution in [-0.2, 0) is 15.0 Å². The molecule has 1 heterocycles. The quantitative estimate of drug-likeness (QED) is 0.906. The second-order valence-corrected chi connectivity index (χ2v) is 6.83. The Morgan fingerprint density at radius 3 is 2.78 bits per heavy atom. The van der Waals surface area contributed by atoms with Crippen molar-refractivity contribution in [3.05, 3.63) is 35.6 Å². The van der Waals surface area contributed by atoms with Crippen LogP contribution in [-0.4, -0.2) is 35.0 Å². The van der Waals surface area contributed by atoms with Gasteiger partial charge in [0.2, 0.25) is 5.91 Å². The van der Waals surface area contributed by atoms with Crippen LogP contribution in [0.15, 0.2) is 24.3 Å². The molecule has 23 heavy (non-hydrogen) atoms. The fourth-order valence-electron chi connectivity index (χ4n) is 3.21. The zero-order valence-corrected chi connectivity index (χ0v) is 13.7. The molecule has 0 bridgehead atoms. The lowest BCUT2D eigenvalue weighted by Crippen LogP contribution is -2.48. The molecule has 1 N–H and O–H groups in total. The number of halogens is 1. The number of carboxylic acids is 1. The molecule has 1 atom stereocenters. The van der Waals surface area contributed by atoms with Crippen molar-refractivity contribution < 1.29 is 19.1 Å². The number of carbonyl (C=O) groups is 2. The Morgan fingerprint density at radius 1 is 1.39 bits per heavy atom. The van der Waals surface area contributed by atoms with Gasteiger partial charge in [0.1, 0.15) is 5.82 Å². The molecule has 0 radical (unpaired) electrons. The zero-order chi connectivity index (χ0) is 17.0. The summed E-state index contributed by atoms with van der Waals surface area (Å²) in [6.45, 7) is 4.89. The summed E-state index contributed by atoms with van der Waals surface area (Å²) in [4.78, 5) is 25.4. The van der Waals surface area contributed by atoms with Gasteiger partial charge in [0.05, 0.1) is 5.41 Å². The van der Waals surface area contributed by atoms with Crippen molar-refractivity contribution >= 4 is 11.9 Å². The van der Waals surface area contributed by atoms with E-state index >= 15 is 0 Å². The van der Waals surface area contributed by atoms with E-state index in [2.05, 4.69) is 0 Å². The molecule has 2 rings (SSSR count). The van der Waals surface area contributed by atoms with Gasteiger partial charge in [-0.05, 0) is 56.7 Å². The smallest absolute Gasteiger partial charge is 0.303 e. The number of carbonyl (C=O) groups excluding carboxylic acids is 1. The molecule has 0 aliphatic carbocycles. The van der Waals surface area contributed by atoms with Crippen molar-refractivity contribution in [2.45, 2.75) is 44.9 Å². The van der Waals surface area contributed by atoms with Crippen LogP contribution < -0.4 is 0 Å². The highest BCUT2D eigenvalue weighted by molar-refractivity contribution is 5.87. The van der Waals surface area contributed by atoms with Crippen molar-refractivity contribution in [3.8, 4) is 0 Å². The van der Waals surface area contributed by atoms with E-state index in [-0.39, 0.29) is 24.1 Å². The average Bonchev–Trinajstić information content (AvgIpc) is 2.52. The SMILES string of the molecule is CC(C)(C(=O)N1CCC[C@@H](CCC(=O)O)C1)c1cccc(F)c1. The third-order valence-electron chi connectivity index (χ3n) is 4.65. The molecule has 0 unspecified atom stereocenters. The number of aliphatic carboxylic acids is 1. The summed E-state index contributed by atoms with van der Waals surface area (Å²) in [6, 6.07) is 6.16. The number of hydrogen-bond donors (Lipinski definition) is 1. The second-order valence-electron chi connectivity index (χ2n) is 6.83. The van der Waals surface area contributed by atoms with E-state index in [1.165, 1.54) is 12.1 Å². The lowest BCUT2D eigenvalue weighted by Gasteiger charge is -2.38. The average molecular weight is 321 g/mol. The molecule has 0 aromatic heterocycles. The Kier molecular flexibility index (Phi) is 5.39.